The van der Waals surface area contributed by atoms with E-state index in [4.69, 9.17) is 14.3 Å². The molecule has 0 radical (unpaired) electrons. The average molecular weight is 288 g/mol. The van der Waals surface area contributed by atoms with Crippen LogP contribution in [-0.2, 0) is 14.3 Å². The first-order valence-electron chi connectivity index (χ1n) is 7.27. The van der Waals surface area contributed by atoms with Crippen molar-refractivity contribution in [3.8, 4) is 0 Å². The highest BCUT2D eigenvalue weighted by Crippen LogP contribution is 2.19. The SMILES string of the molecule is COCCONCC1CCCCN1C(=O)OC(C)(C)C. The van der Waals surface area contributed by atoms with Gasteiger partial charge in [0, 0.05) is 26.2 Å². The largest absolute Gasteiger partial charge is 0.444 e. The molecule has 1 unspecified atom stereocenters. The first-order chi connectivity index (χ1) is 9.44. The lowest BCUT2D eigenvalue weighted by Gasteiger charge is -2.36. The maximum Gasteiger partial charge on any atom is 0.410 e. The van der Waals surface area contributed by atoms with Crippen molar-refractivity contribution in [2.24, 2.45) is 0 Å². The second-order valence-electron chi connectivity index (χ2n) is 6.01. The quantitative estimate of drug-likeness (QED) is 0.598. The zero-order valence-corrected chi connectivity index (χ0v) is 13.1. The molecule has 0 saturated carbocycles. The molecule has 1 atom stereocenters. The lowest BCUT2D eigenvalue weighted by molar-refractivity contribution is -0.0186. The van der Waals surface area contributed by atoms with Crippen LogP contribution in [0.1, 0.15) is 40.0 Å². The predicted octanol–water partition coefficient (Wildman–Crippen LogP) is 1.94. The third-order valence-corrected chi connectivity index (χ3v) is 3.07. The number of piperidine rings is 1. The maximum atomic E-state index is 12.2. The van der Waals surface area contributed by atoms with Crippen LogP contribution in [0.15, 0.2) is 0 Å². The van der Waals surface area contributed by atoms with Crippen molar-refractivity contribution in [2.75, 3.05) is 33.4 Å². The Hall–Kier alpha value is -0.850. The molecule has 0 aromatic heterocycles. The number of hydrogen-bond donors (Lipinski definition) is 1. The standard InChI is InChI=1S/C14H28N2O4/c1-14(2,3)20-13(17)16-8-6-5-7-12(16)11-15-19-10-9-18-4/h12,15H,5-11H2,1-4H3. The molecule has 1 aliphatic heterocycles. The van der Waals surface area contributed by atoms with Crippen LogP contribution in [0.25, 0.3) is 0 Å². The number of methoxy groups -OCH3 is 1. The number of carbonyl (C=O) groups excluding carboxylic acids is 1. The normalized spacial score (nSPS) is 20.0. The fraction of sp³-hybridized carbons (Fsp3) is 0.929. The molecule has 1 amide bonds. The van der Waals surface area contributed by atoms with Crippen molar-refractivity contribution in [1.29, 1.82) is 0 Å². The zero-order valence-electron chi connectivity index (χ0n) is 13.1. The number of amides is 1. The molecule has 0 aromatic rings. The van der Waals surface area contributed by atoms with Crippen LogP contribution in [0.4, 0.5) is 4.79 Å². The first-order valence-corrected chi connectivity index (χ1v) is 7.27. The third-order valence-electron chi connectivity index (χ3n) is 3.07. The van der Waals surface area contributed by atoms with Gasteiger partial charge in [0.05, 0.1) is 13.2 Å². The van der Waals surface area contributed by atoms with E-state index >= 15 is 0 Å². The zero-order chi connectivity index (χ0) is 15.0. The highest BCUT2D eigenvalue weighted by molar-refractivity contribution is 5.68. The number of nitrogens with zero attached hydrogens (tertiary/aromatic N) is 1. The Morgan fingerprint density at radius 2 is 2.05 bits per heavy atom. The highest BCUT2D eigenvalue weighted by atomic mass is 16.7. The second kappa shape index (κ2) is 8.44. The molecule has 1 aliphatic rings. The molecule has 0 spiro atoms. The Morgan fingerprint density at radius 3 is 2.70 bits per heavy atom. The topological polar surface area (TPSA) is 60.0 Å². The van der Waals surface area contributed by atoms with Gasteiger partial charge in [-0.2, -0.15) is 0 Å². The minimum absolute atomic E-state index is 0.126. The van der Waals surface area contributed by atoms with Crippen LogP contribution in [0.2, 0.25) is 0 Å². The van der Waals surface area contributed by atoms with E-state index in [1.807, 2.05) is 20.8 Å². The summed E-state index contributed by atoms with van der Waals surface area (Å²) in [6, 6.07) is 0.126. The van der Waals surface area contributed by atoms with Crippen molar-refractivity contribution in [1.82, 2.24) is 10.4 Å². The lowest BCUT2D eigenvalue weighted by Crippen LogP contribution is -2.50. The summed E-state index contributed by atoms with van der Waals surface area (Å²) >= 11 is 0. The van der Waals surface area contributed by atoms with Gasteiger partial charge >= 0.3 is 6.09 Å². The minimum atomic E-state index is -0.457. The molecule has 118 valence electrons. The number of ether oxygens (including phenoxy) is 2. The van der Waals surface area contributed by atoms with E-state index in [0.29, 0.717) is 19.8 Å². The molecule has 6 heteroatoms. The summed E-state index contributed by atoms with van der Waals surface area (Å²) in [5.41, 5.74) is 2.45. The van der Waals surface area contributed by atoms with Gasteiger partial charge in [0.2, 0.25) is 0 Å². The van der Waals surface area contributed by atoms with Crippen molar-refractivity contribution in [2.45, 2.75) is 51.7 Å². The van der Waals surface area contributed by atoms with Crippen LogP contribution < -0.4 is 5.48 Å². The van der Waals surface area contributed by atoms with Crippen LogP contribution in [-0.4, -0.2) is 56.0 Å². The smallest absolute Gasteiger partial charge is 0.410 e. The molecule has 20 heavy (non-hydrogen) atoms. The fourth-order valence-electron chi connectivity index (χ4n) is 2.13. The van der Waals surface area contributed by atoms with E-state index in [1.165, 1.54) is 0 Å². The van der Waals surface area contributed by atoms with Gasteiger partial charge in [-0.25, -0.2) is 10.3 Å². The number of rotatable bonds is 6. The molecule has 1 saturated heterocycles. The minimum Gasteiger partial charge on any atom is -0.444 e. The van der Waals surface area contributed by atoms with Crippen molar-refractivity contribution in [3.05, 3.63) is 0 Å². The number of likely N-dealkylation sites (tertiary alicyclic amines) is 1. The molecule has 0 aliphatic carbocycles. The monoisotopic (exact) mass is 288 g/mol. The van der Waals surface area contributed by atoms with Gasteiger partial charge in [0.25, 0.3) is 0 Å². The molecule has 0 bridgehead atoms. The molecule has 1 rings (SSSR count). The summed E-state index contributed by atoms with van der Waals surface area (Å²) in [4.78, 5) is 19.2. The van der Waals surface area contributed by atoms with Gasteiger partial charge < -0.3 is 14.4 Å². The fourth-order valence-corrected chi connectivity index (χ4v) is 2.13. The van der Waals surface area contributed by atoms with E-state index in [9.17, 15) is 4.79 Å². The van der Waals surface area contributed by atoms with E-state index in [2.05, 4.69) is 5.48 Å². The summed E-state index contributed by atoms with van der Waals surface area (Å²) in [5, 5.41) is 0. The Morgan fingerprint density at radius 1 is 1.30 bits per heavy atom. The van der Waals surface area contributed by atoms with E-state index in [0.717, 1.165) is 25.8 Å². The first kappa shape index (κ1) is 17.2. The van der Waals surface area contributed by atoms with Crippen LogP contribution >= 0.6 is 0 Å². The van der Waals surface area contributed by atoms with Gasteiger partial charge in [-0.05, 0) is 40.0 Å². The number of hydroxylamine groups is 1. The summed E-state index contributed by atoms with van der Waals surface area (Å²) < 4.78 is 10.3. The van der Waals surface area contributed by atoms with Crippen molar-refractivity contribution in [3.63, 3.8) is 0 Å². The summed E-state index contributed by atoms with van der Waals surface area (Å²) in [5.74, 6) is 0. The Balaban J connectivity index is 2.39. The molecule has 6 nitrogen and oxygen atoms in total. The molecule has 0 aromatic carbocycles. The van der Waals surface area contributed by atoms with Gasteiger partial charge in [-0.3, -0.25) is 4.84 Å². The van der Waals surface area contributed by atoms with Gasteiger partial charge in [0.15, 0.2) is 0 Å². The maximum absolute atomic E-state index is 12.2. The van der Waals surface area contributed by atoms with Crippen LogP contribution in [0.3, 0.4) is 0 Å². The molecule has 1 N–H and O–H groups in total. The molecule has 1 fully saturated rings. The average Bonchev–Trinajstić information content (AvgIpc) is 2.37. The van der Waals surface area contributed by atoms with Gasteiger partial charge in [-0.1, -0.05) is 0 Å². The molecular formula is C14H28N2O4. The lowest BCUT2D eigenvalue weighted by atomic mass is 10.0. The van der Waals surface area contributed by atoms with Gasteiger partial charge in [0.1, 0.15) is 5.60 Å². The highest BCUT2D eigenvalue weighted by Gasteiger charge is 2.30. The number of carbonyl (C=O) groups is 1. The van der Waals surface area contributed by atoms with E-state index < -0.39 is 5.60 Å². The Labute approximate surface area is 121 Å². The van der Waals surface area contributed by atoms with E-state index in [1.54, 1.807) is 12.0 Å². The summed E-state index contributed by atoms with van der Waals surface area (Å²) in [6.07, 6.45) is 2.89. The van der Waals surface area contributed by atoms with E-state index in [-0.39, 0.29) is 12.1 Å². The predicted molar refractivity (Wildman–Crippen MR) is 76.4 cm³/mol. The van der Waals surface area contributed by atoms with Crippen LogP contribution in [0.5, 0.6) is 0 Å². The Kier molecular flexibility index (Phi) is 7.26. The van der Waals surface area contributed by atoms with Crippen LogP contribution in [0, 0.1) is 0 Å². The summed E-state index contributed by atoms with van der Waals surface area (Å²) in [6.45, 7) is 8.06. The Bertz CT molecular complexity index is 291. The number of nitrogens with one attached hydrogen (secondary N) is 1. The number of hydrogen-bond acceptors (Lipinski definition) is 5. The second-order valence-corrected chi connectivity index (χ2v) is 6.01. The third kappa shape index (κ3) is 6.54. The molecule has 1 heterocycles. The summed E-state index contributed by atoms with van der Waals surface area (Å²) in [7, 11) is 1.63. The molecular weight excluding hydrogens is 260 g/mol. The van der Waals surface area contributed by atoms with Crippen molar-refractivity contribution >= 4 is 6.09 Å². The van der Waals surface area contributed by atoms with Crippen molar-refractivity contribution < 1.29 is 19.1 Å². The van der Waals surface area contributed by atoms with Gasteiger partial charge in [-0.15, -0.1) is 0 Å².